The maximum absolute atomic E-state index is 11.5. The molecule has 6 heteroatoms. The van der Waals surface area contributed by atoms with Crippen LogP contribution < -0.4 is 11.1 Å². The van der Waals surface area contributed by atoms with Crippen LogP contribution in [0.4, 0.5) is 0 Å². The fraction of sp³-hybridized carbons (Fsp3) is 0.917. The number of methoxy groups -OCH3 is 1. The molecule has 1 amide bonds. The van der Waals surface area contributed by atoms with Gasteiger partial charge >= 0.3 is 0 Å². The summed E-state index contributed by atoms with van der Waals surface area (Å²) in [5.74, 6) is 0.867. The highest BCUT2D eigenvalue weighted by Gasteiger charge is 2.11. The largest absolute Gasteiger partial charge is 0.382 e. The van der Waals surface area contributed by atoms with Gasteiger partial charge in [-0.3, -0.25) is 4.79 Å². The Morgan fingerprint density at radius 1 is 1.33 bits per heavy atom. The van der Waals surface area contributed by atoms with E-state index in [0.717, 1.165) is 25.0 Å². The lowest BCUT2D eigenvalue weighted by atomic mass is 10.2. The predicted molar refractivity (Wildman–Crippen MR) is 75.9 cm³/mol. The van der Waals surface area contributed by atoms with Crippen LogP contribution in [0.2, 0.25) is 0 Å². The van der Waals surface area contributed by atoms with Gasteiger partial charge in [0.05, 0.1) is 19.3 Å². The summed E-state index contributed by atoms with van der Waals surface area (Å²) in [7, 11) is 1.65. The summed E-state index contributed by atoms with van der Waals surface area (Å²) in [6, 6.07) is -0.379. The van der Waals surface area contributed by atoms with Gasteiger partial charge in [0.1, 0.15) is 0 Å². The molecule has 0 radical (unpaired) electrons. The predicted octanol–water partition coefficient (Wildman–Crippen LogP) is 0.626. The number of ether oxygens (including phenoxy) is 2. The minimum absolute atomic E-state index is 0.0515. The van der Waals surface area contributed by atoms with Crippen molar-refractivity contribution in [1.29, 1.82) is 0 Å². The van der Waals surface area contributed by atoms with Gasteiger partial charge in [-0.15, -0.1) is 0 Å². The fourth-order valence-corrected chi connectivity index (χ4v) is 1.78. The number of hydrogen-bond acceptors (Lipinski definition) is 5. The molecule has 1 atom stereocenters. The van der Waals surface area contributed by atoms with Crippen molar-refractivity contribution in [3.63, 3.8) is 0 Å². The van der Waals surface area contributed by atoms with Crippen LogP contribution in [0.25, 0.3) is 0 Å². The van der Waals surface area contributed by atoms with Crippen molar-refractivity contribution in [3.05, 3.63) is 0 Å². The maximum Gasteiger partial charge on any atom is 0.236 e. The smallest absolute Gasteiger partial charge is 0.236 e. The molecule has 0 heterocycles. The van der Waals surface area contributed by atoms with Crippen LogP contribution in [0, 0.1) is 0 Å². The SMILES string of the molecule is COCCOCCCCNC(=O)[C@@H](N)CCSC. The summed E-state index contributed by atoms with van der Waals surface area (Å²) in [5.41, 5.74) is 5.74. The Hall–Kier alpha value is -0.300. The first kappa shape index (κ1) is 17.7. The van der Waals surface area contributed by atoms with Gasteiger partial charge in [0.2, 0.25) is 5.91 Å². The first-order chi connectivity index (χ1) is 8.72. The van der Waals surface area contributed by atoms with Crippen molar-refractivity contribution >= 4 is 17.7 Å². The number of amides is 1. The molecule has 0 rings (SSSR count). The molecule has 5 nitrogen and oxygen atoms in total. The van der Waals surface area contributed by atoms with E-state index < -0.39 is 0 Å². The highest BCUT2D eigenvalue weighted by atomic mass is 32.2. The van der Waals surface area contributed by atoms with Crippen LogP contribution in [0.5, 0.6) is 0 Å². The zero-order valence-electron chi connectivity index (χ0n) is 11.4. The van der Waals surface area contributed by atoms with Gasteiger partial charge in [-0.05, 0) is 31.3 Å². The van der Waals surface area contributed by atoms with Crippen molar-refractivity contribution < 1.29 is 14.3 Å². The van der Waals surface area contributed by atoms with E-state index in [0.29, 0.717) is 26.4 Å². The maximum atomic E-state index is 11.5. The Morgan fingerprint density at radius 3 is 2.78 bits per heavy atom. The van der Waals surface area contributed by atoms with E-state index in [-0.39, 0.29) is 11.9 Å². The standard InChI is InChI=1S/C12H26N2O3S/c1-16-8-9-17-7-4-3-6-14-12(15)11(13)5-10-18-2/h11H,3-10,13H2,1-2H3,(H,14,15)/t11-/m0/s1. The van der Waals surface area contributed by atoms with Crippen LogP contribution in [0.15, 0.2) is 0 Å². The summed E-state index contributed by atoms with van der Waals surface area (Å²) in [5, 5.41) is 2.84. The van der Waals surface area contributed by atoms with Crippen LogP contribution in [-0.2, 0) is 14.3 Å². The molecule has 0 aromatic carbocycles. The van der Waals surface area contributed by atoms with Gasteiger partial charge < -0.3 is 20.5 Å². The third kappa shape index (κ3) is 10.8. The van der Waals surface area contributed by atoms with E-state index in [4.69, 9.17) is 15.2 Å². The molecule has 0 aromatic heterocycles. The van der Waals surface area contributed by atoms with Gasteiger partial charge in [0.15, 0.2) is 0 Å². The minimum atomic E-state index is -0.379. The molecule has 108 valence electrons. The number of nitrogens with one attached hydrogen (secondary N) is 1. The summed E-state index contributed by atoms with van der Waals surface area (Å²) < 4.78 is 10.2. The highest BCUT2D eigenvalue weighted by molar-refractivity contribution is 7.98. The van der Waals surface area contributed by atoms with Crippen molar-refractivity contribution in [2.24, 2.45) is 5.73 Å². The average Bonchev–Trinajstić information content (AvgIpc) is 2.38. The second-order valence-corrected chi connectivity index (χ2v) is 4.98. The number of thioether (sulfide) groups is 1. The topological polar surface area (TPSA) is 73.6 Å². The third-order valence-corrected chi connectivity index (χ3v) is 3.06. The van der Waals surface area contributed by atoms with E-state index in [1.165, 1.54) is 0 Å². The molecule has 0 bridgehead atoms. The third-order valence-electron chi connectivity index (χ3n) is 2.42. The minimum Gasteiger partial charge on any atom is -0.382 e. The summed E-state index contributed by atoms with van der Waals surface area (Å²) in [4.78, 5) is 11.5. The Bertz CT molecular complexity index is 206. The lowest BCUT2D eigenvalue weighted by Crippen LogP contribution is -2.41. The van der Waals surface area contributed by atoms with Crippen molar-refractivity contribution in [2.45, 2.75) is 25.3 Å². The molecule has 0 saturated heterocycles. The quantitative estimate of drug-likeness (QED) is 0.512. The van der Waals surface area contributed by atoms with E-state index in [2.05, 4.69) is 5.32 Å². The number of hydrogen-bond donors (Lipinski definition) is 2. The Kier molecular flexibility index (Phi) is 12.9. The van der Waals surface area contributed by atoms with Gasteiger partial charge in [0.25, 0.3) is 0 Å². The number of unbranched alkanes of at least 4 members (excludes halogenated alkanes) is 1. The molecule has 0 fully saturated rings. The highest BCUT2D eigenvalue weighted by Crippen LogP contribution is 1.98. The fourth-order valence-electron chi connectivity index (χ4n) is 1.29. The number of carbonyl (C=O) groups is 1. The van der Waals surface area contributed by atoms with Crippen LogP contribution >= 0.6 is 11.8 Å². The average molecular weight is 278 g/mol. The second kappa shape index (κ2) is 13.1. The molecular weight excluding hydrogens is 252 g/mol. The van der Waals surface area contributed by atoms with E-state index >= 15 is 0 Å². The molecule has 0 aliphatic heterocycles. The van der Waals surface area contributed by atoms with Crippen LogP contribution in [0.3, 0.4) is 0 Å². The number of carbonyl (C=O) groups excluding carboxylic acids is 1. The van der Waals surface area contributed by atoms with Crippen LogP contribution in [-0.4, -0.2) is 57.4 Å². The van der Waals surface area contributed by atoms with Gasteiger partial charge in [0, 0.05) is 20.3 Å². The van der Waals surface area contributed by atoms with Crippen molar-refractivity contribution in [3.8, 4) is 0 Å². The molecule has 0 spiro atoms. The number of rotatable bonds is 12. The molecule has 0 saturated carbocycles. The summed E-state index contributed by atoms with van der Waals surface area (Å²) >= 11 is 1.70. The molecule has 18 heavy (non-hydrogen) atoms. The molecule has 0 aliphatic carbocycles. The Morgan fingerprint density at radius 2 is 2.11 bits per heavy atom. The molecule has 3 N–H and O–H groups in total. The van der Waals surface area contributed by atoms with E-state index in [1.54, 1.807) is 18.9 Å². The monoisotopic (exact) mass is 278 g/mol. The van der Waals surface area contributed by atoms with Crippen LogP contribution in [0.1, 0.15) is 19.3 Å². The normalized spacial score (nSPS) is 12.4. The molecule has 0 aromatic rings. The lowest BCUT2D eigenvalue weighted by molar-refractivity contribution is -0.122. The Balaban J connectivity index is 3.29. The zero-order valence-corrected chi connectivity index (χ0v) is 12.3. The van der Waals surface area contributed by atoms with Crippen molar-refractivity contribution in [2.75, 3.05) is 45.5 Å². The lowest BCUT2D eigenvalue weighted by Gasteiger charge is -2.11. The van der Waals surface area contributed by atoms with E-state index in [1.807, 2.05) is 6.26 Å². The molecular formula is C12H26N2O3S. The van der Waals surface area contributed by atoms with Gasteiger partial charge in [-0.25, -0.2) is 0 Å². The number of nitrogens with two attached hydrogens (primary N) is 1. The van der Waals surface area contributed by atoms with Gasteiger partial charge in [-0.2, -0.15) is 11.8 Å². The zero-order chi connectivity index (χ0) is 13.6. The summed E-state index contributed by atoms with van der Waals surface area (Å²) in [6.07, 6.45) is 4.58. The van der Waals surface area contributed by atoms with Crippen molar-refractivity contribution in [1.82, 2.24) is 5.32 Å². The second-order valence-electron chi connectivity index (χ2n) is 3.99. The van der Waals surface area contributed by atoms with E-state index in [9.17, 15) is 4.79 Å². The first-order valence-electron chi connectivity index (χ1n) is 6.31. The first-order valence-corrected chi connectivity index (χ1v) is 7.70. The Labute approximate surface area is 114 Å². The van der Waals surface area contributed by atoms with Gasteiger partial charge in [-0.1, -0.05) is 0 Å². The molecule has 0 aliphatic rings. The molecule has 0 unspecified atom stereocenters. The summed E-state index contributed by atoms with van der Waals surface area (Å²) in [6.45, 7) is 2.63.